The number of nitrogens with zero attached hydrogens (tertiary/aromatic N) is 12. The molecular weight excluding hydrogens is 646 g/mol. The van der Waals surface area contributed by atoms with Crippen LogP contribution >= 0.6 is 0 Å². The Kier molecular flexibility index (Phi) is 7.65. The second-order valence-electron chi connectivity index (χ2n) is 12.2. The van der Waals surface area contributed by atoms with Gasteiger partial charge >= 0.3 is 0 Å². The lowest BCUT2D eigenvalue weighted by Crippen LogP contribution is -2.19. The summed E-state index contributed by atoms with van der Waals surface area (Å²) in [5, 5.41) is 0. The molecule has 0 spiro atoms. The van der Waals surface area contributed by atoms with Gasteiger partial charge in [-0.2, -0.15) is 9.97 Å². The zero-order valence-corrected chi connectivity index (χ0v) is 26.7. The molecule has 8 aromatic rings. The summed E-state index contributed by atoms with van der Waals surface area (Å²) >= 11 is 0. The van der Waals surface area contributed by atoms with Crippen molar-refractivity contribution >= 4 is 44.4 Å². The highest BCUT2D eigenvalue weighted by Crippen LogP contribution is 2.27. The van der Waals surface area contributed by atoms with Crippen LogP contribution in [-0.4, -0.2) is 84.6 Å². The third kappa shape index (κ3) is 5.51. The van der Waals surface area contributed by atoms with E-state index in [1.807, 2.05) is 12.7 Å². The van der Waals surface area contributed by atoms with Crippen LogP contribution < -0.4 is 0 Å². The molecule has 0 saturated carbocycles. The van der Waals surface area contributed by atoms with Crippen LogP contribution in [-0.2, 0) is 9.47 Å². The second kappa shape index (κ2) is 12.6. The van der Waals surface area contributed by atoms with Gasteiger partial charge in [-0.3, -0.25) is 9.13 Å². The SMILES string of the molecule is Fc1ccc2c(c1)ncn2-c1ncc2ncn(C3CCOCC3)c2n1.Fc1ccc2ncn(-c3ncc4ncn(C5CCOCC5)c4n3)c2c1. The molecule has 2 aliphatic heterocycles. The predicted octanol–water partition coefficient (Wildman–Crippen LogP) is 5.31. The number of halogens is 2. The minimum atomic E-state index is -0.317. The second-order valence-corrected chi connectivity index (χ2v) is 12.2. The number of benzene rings is 2. The van der Waals surface area contributed by atoms with Gasteiger partial charge in [0.15, 0.2) is 11.3 Å². The average molecular weight is 677 g/mol. The largest absolute Gasteiger partial charge is 0.381 e. The van der Waals surface area contributed by atoms with E-state index in [9.17, 15) is 8.78 Å². The third-order valence-electron chi connectivity index (χ3n) is 9.22. The fourth-order valence-electron chi connectivity index (χ4n) is 6.61. The van der Waals surface area contributed by atoms with Crippen LogP contribution in [0, 0.1) is 11.6 Å². The predicted molar refractivity (Wildman–Crippen MR) is 178 cm³/mol. The molecule has 16 heteroatoms. The molecule has 0 N–H and O–H groups in total. The number of rotatable bonds is 4. The quantitative estimate of drug-likeness (QED) is 0.241. The summed E-state index contributed by atoms with van der Waals surface area (Å²) in [7, 11) is 0. The summed E-state index contributed by atoms with van der Waals surface area (Å²) in [5.41, 5.74) is 5.73. The van der Waals surface area contributed by atoms with E-state index in [4.69, 9.17) is 14.5 Å². The minimum absolute atomic E-state index is 0.313. The molecule has 0 atom stereocenters. The van der Waals surface area contributed by atoms with Crippen molar-refractivity contribution in [1.29, 1.82) is 0 Å². The van der Waals surface area contributed by atoms with Crippen molar-refractivity contribution in [2.75, 3.05) is 26.4 Å². The molecule has 2 fully saturated rings. The first-order chi connectivity index (χ1) is 24.6. The Morgan fingerprint density at radius 2 is 1.02 bits per heavy atom. The van der Waals surface area contributed by atoms with E-state index in [1.54, 1.807) is 46.3 Å². The Bertz CT molecular complexity index is 2480. The van der Waals surface area contributed by atoms with Crippen molar-refractivity contribution < 1.29 is 18.3 Å². The molecule has 2 aliphatic rings. The lowest BCUT2D eigenvalue weighted by molar-refractivity contribution is 0.0703. The summed E-state index contributed by atoms with van der Waals surface area (Å²) in [4.78, 5) is 35.5. The Balaban J connectivity index is 0.000000135. The van der Waals surface area contributed by atoms with Gasteiger partial charge in [0, 0.05) is 50.6 Å². The van der Waals surface area contributed by atoms with E-state index in [0.717, 1.165) is 80.0 Å². The molecule has 6 aromatic heterocycles. The highest BCUT2D eigenvalue weighted by atomic mass is 19.1. The van der Waals surface area contributed by atoms with Crippen LogP contribution in [0.4, 0.5) is 8.78 Å². The van der Waals surface area contributed by atoms with Crippen LogP contribution in [0.3, 0.4) is 0 Å². The van der Waals surface area contributed by atoms with E-state index in [-0.39, 0.29) is 11.6 Å². The van der Waals surface area contributed by atoms with Gasteiger partial charge in [-0.05, 0) is 49.9 Å². The highest BCUT2D eigenvalue weighted by molar-refractivity contribution is 5.78. The van der Waals surface area contributed by atoms with Crippen molar-refractivity contribution in [2.45, 2.75) is 37.8 Å². The molecule has 0 aliphatic carbocycles. The lowest BCUT2D eigenvalue weighted by atomic mass is 10.1. The first-order valence-electron chi connectivity index (χ1n) is 16.4. The molecule has 0 radical (unpaired) electrons. The zero-order chi connectivity index (χ0) is 33.6. The van der Waals surface area contributed by atoms with Crippen molar-refractivity contribution in [2.24, 2.45) is 0 Å². The third-order valence-corrected chi connectivity index (χ3v) is 9.22. The van der Waals surface area contributed by atoms with E-state index in [2.05, 4.69) is 44.0 Å². The Hall–Kier alpha value is -5.74. The molecule has 0 unspecified atom stereocenters. The molecule has 0 amide bonds. The summed E-state index contributed by atoms with van der Waals surface area (Å²) in [6, 6.07) is 9.61. The average Bonchev–Trinajstić information content (AvgIpc) is 3.96. The minimum Gasteiger partial charge on any atom is -0.381 e. The fourth-order valence-corrected chi connectivity index (χ4v) is 6.61. The molecule has 8 heterocycles. The fraction of sp³-hybridized carbons (Fsp3) is 0.294. The topological polar surface area (TPSA) is 141 Å². The van der Waals surface area contributed by atoms with Gasteiger partial charge in [0.05, 0.1) is 47.1 Å². The molecule has 10 rings (SSSR count). The summed E-state index contributed by atoms with van der Waals surface area (Å²) in [6.07, 6.45) is 14.0. The maximum absolute atomic E-state index is 13.6. The van der Waals surface area contributed by atoms with Gasteiger partial charge < -0.3 is 18.6 Å². The number of imidazole rings is 4. The first kappa shape index (κ1) is 30.3. The number of aromatic nitrogens is 12. The molecule has 50 heavy (non-hydrogen) atoms. The van der Waals surface area contributed by atoms with Crippen molar-refractivity contribution in [1.82, 2.24) is 58.1 Å². The molecule has 0 bridgehead atoms. The maximum Gasteiger partial charge on any atom is 0.237 e. The van der Waals surface area contributed by atoms with E-state index >= 15 is 0 Å². The smallest absolute Gasteiger partial charge is 0.237 e. The van der Waals surface area contributed by atoms with Gasteiger partial charge in [-0.15, -0.1) is 0 Å². The van der Waals surface area contributed by atoms with Gasteiger partial charge in [0.2, 0.25) is 11.9 Å². The van der Waals surface area contributed by atoms with Crippen LogP contribution in [0.2, 0.25) is 0 Å². The number of hydrogen-bond donors (Lipinski definition) is 0. The Morgan fingerprint density at radius 1 is 0.520 bits per heavy atom. The summed E-state index contributed by atoms with van der Waals surface area (Å²) in [6.45, 7) is 2.99. The molecular formula is C34H30F2N12O2. The molecule has 2 aromatic carbocycles. The lowest BCUT2D eigenvalue weighted by Gasteiger charge is -2.23. The van der Waals surface area contributed by atoms with E-state index in [0.29, 0.717) is 40.5 Å². The van der Waals surface area contributed by atoms with Gasteiger partial charge in [0.1, 0.15) is 35.3 Å². The van der Waals surface area contributed by atoms with Crippen LogP contribution in [0.5, 0.6) is 0 Å². The zero-order valence-electron chi connectivity index (χ0n) is 26.7. The van der Waals surface area contributed by atoms with Crippen LogP contribution in [0.25, 0.3) is 56.3 Å². The van der Waals surface area contributed by atoms with E-state index < -0.39 is 0 Å². The normalized spacial score (nSPS) is 16.0. The van der Waals surface area contributed by atoms with Crippen molar-refractivity contribution in [3.8, 4) is 11.9 Å². The van der Waals surface area contributed by atoms with Crippen molar-refractivity contribution in [3.05, 3.63) is 85.7 Å². The van der Waals surface area contributed by atoms with E-state index in [1.165, 1.54) is 24.3 Å². The molecule has 252 valence electrons. The molecule has 14 nitrogen and oxygen atoms in total. The maximum atomic E-state index is 13.6. The highest BCUT2D eigenvalue weighted by Gasteiger charge is 2.21. The Morgan fingerprint density at radius 3 is 1.62 bits per heavy atom. The number of fused-ring (bicyclic) bond motifs is 4. The Labute approximate surface area is 282 Å². The van der Waals surface area contributed by atoms with Gasteiger partial charge in [-0.1, -0.05) is 0 Å². The first-order valence-corrected chi connectivity index (χ1v) is 16.4. The summed E-state index contributed by atoms with van der Waals surface area (Å²) < 4.78 is 45.5. The van der Waals surface area contributed by atoms with Gasteiger partial charge in [0.25, 0.3) is 0 Å². The monoisotopic (exact) mass is 676 g/mol. The number of hydrogen-bond acceptors (Lipinski definition) is 10. The standard InChI is InChI=1S/2C17H15FN6O/c18-11-1-2-15-13(7-11)20-10-24(15)17-19-8-14-16(22-17)23(9-21-14)12-3-5-25-6-4-12;18-11-1-2-13-15(7-11)24(10-20-13)17-19-8-14-16(22-17)23(9-21-14)12-3-5-25-6-4-12/h2*1-2,7-10,12H,3-6H2. The van der Waals surface area contributed by atoms with Crippen molar-refractivity contribution in [3.63, 3.8) is 0 Å². The van der Waals surface area contributed by atoms with Crippen LogP contribution in [0.15, 0.2) is 74.1 Å². The summed E-state index contributed by atoms with van der Waals surface area (Å²) in [5.74, 6) is 0.319. The molecule has 2 saturated heterocycles. The van der Waals surface area contributed by atoms with Gasteiger partial charge in [-0.25, -0.2) is 38.7 Å². The van der Waals surface area contributed by atoms with Crippen LogP contribution in [0.1, 0.15) is 37.8 Å². The number of ether oxygens (including phenoxy) is 2.